The molecule has 0 fully saturated rings. The molecule has 0 saturated heterocycles. The van der Waals surface area contributed by atoms with Crippen LogP contribution in [-0.2, 0) is 11.8 Å². The molecule has 1 heterocycles. The number of carbonyl (C=O) groups is 2. The number of hydrogen-bond acceptors (Lipinski definition) is 6. The van der Waals surface area contributed by atoms with Crippen LogP contribution in [0.4, 0.5) is 5.69 Å². The Morgan fingerprint density at radius 2 is 2.04 bits per heavy atom. The smallest absolute Gasteiger partial charge is 0.322 e. The van der Waals surface area contributed by atoms with Gasteiger partial charge in [0.2, 0.25) is 5.69 Å². The maximum Gasteiger partial charge on any atom is 0.322 e. The molecule has 0 unspecified atom stereocenters. The number of nitro groups is 1. The molecule has 10 nitrogen and oxygen atoms in total. The number of aromatic nitrogens is 2. The average molecular weight is 402 g/mol. The number of carbonyl (C=O) groups excluding carboxylic acids is 2. The molecule has 0 spiro atoms. The first-order valence-electron chi connectivity index (χ1n) is 7.05. The van der Waals surface area contributed by atoms with Crippen LogP contribution in [0.25, 0.3) is 0 Å². The van der Waals surface area contributed by atoms with E-state index in [0.717, 1.165) is 4.68 Å². The van der Waals surface area contributed by atoms with Crippen LogP contribution in [0, 0.1) is 17.0 Å². The fourth-order valence-electron chi connectivity index (χ4n) is 2.08. The van der Waals surface area contributed by atoms with Gasteiger partial charge in [0.25, 0.3) is 11.8 Å². The number of aryl methyl sites for hydroxylation is 2. The largest absolute Gasteiger partial charge is 0.482 e. The van der Waals surface area contributed by atoms with E-state index in [1.807, 2.05) is 0 Å². The first-order chi connectivity index (χ1) is 12.2. The normalized spacial score (nSPS) is 10.3. The van der Waals surface area contributed by atoms with Gasteiger partial charge in [-0.2, -0.15) is 5.10 Å². The van der Waals surface area contributed by atoms with Crippen molar-refractivity contribution in [3.05, 3.63) is 49.7 Å². The summed E-state index contributed by atoms with van der Waals surface area (Å²) >= 11 is 11.7. The van der Waals surface area contributed by atoms with Crippen molar-refractivity contribution in [3.63, 3.8) is 0 Å². The summed E-state index contributed by atoms with van der Waals surface area (Å²) < 4.78 is 6.26. The zero-order valence-corrected chi connectivity index (χ0v) is 15.1. The number of benzene rings is 1. The van der Waals surface area contributed by atoms with Gasteiger partial charge in [-0.05, 0) is 25.1 Å². The highest BCUT2D eigenvalue weighted by Crippen LogP contribution is 2.27. The minimum atomic E-state index is -0.891. The summed E-state index contributed by atoms with van der Waals surface area (Å²) in [4.78, 5) is 34.2. The highest BCUT2D eigenvalue weighted by molar-refractivity contribution is 6.35. The first kappa shape index (κ1) is 19.5. The zero-order chi connectivity index (χ0) is 19.4. The fourth-order valence-corrected chi connectivity index (χ4v) is 2.54. The predicted octanol–water partition coefficient (Wildman–Crippen LogP) is 1.78. The van der Waals surface area contributed by atoms with E-state index < -0.39 is 29.0 Å². The van der Waals surface area contributed by atoms with E-state index in [-0.39, 0.29) is 22.2 Å². The molecule has 0 saturated carbocycles. The minimum absolute atomic E-state index is 0.0784. The summed E-state index contributed by atoms with van der Waals surface area (Å²) in [6.07, 6.45) is 0. The van der Waals surface area contributed by atoms with Crippen LogP contribution >= 0.6 is 23.2 Å². The maximum absolute atomic E-state index is 12.1. The number of hydrazine groups is 1. The molecule has 26 heavy (non-hydrogen) atoms. The van der Waals surface area contributed by atoms with Crippen molar-refractivity contribution >= 4 is 40.7 Å². The van der Waals surface area contributed by atoms with E-state index in [9.17, 15) is 19.7 Å². The third-order valence-electron chi connectivity index (χ3n) is 3.16. The molecule has 2 amide bonds. The van der Waals surface area contributed by atoms with E-state index in [1.165, 1.54) is 32.2 Å². The van der Waals surface area contributed by atoms with E-state index in [1.54, 1.807) is 0 Å². The van der Waals surface area contributed by atoms with Gasteiger partial charge in [-0.25, -0.2) is 0 Å². The van der Waals surface area contributed by atoms with Crippen LogP contribution in [0.1, 0.15) is 16.2 Å². The highest BCUT2D eigenvalue weighted by atomic mass is 35.5. The molecule has 0 radical (unpaired) electrons. The first-order valence-corrected chi connectivity index (χ1v) is 7.81. The van der Waals surface area contributed by atoms with Crippen molar-refractivity contribution in [2.75, 3.05) is 6.61 Å². The topological polar surface area (TPSA) is 128 Å². The lowest BCUT2D eigenvalue weighted by Crippen LogP contribution is -2.44. The van der Waals surface area contributed by atoms with E-state index in [4.69, 9.17) is 27.9 Å². The van der Waals surface area contributed by atoms with Gasteiger partial charge >= 0.3 is 5.69 Å². The Balaban J connectivity index is 1.95. The molecule has 1 aromatic carbocycles. The molecular formula is C14H13Cl2N5O5. The molecule has 0 aliphatic carbocycles. The zero-order valence-electron chi connectivity index (χ0n) is 13.6. The van der Waals surface area contributed by atoms with Gasteiger partial charge in [0.1, 0.15) is 11.4 Å². The summed E-state index contributed by atoms with van der Waals surface area (Å²) in [5.74, 6) is -1.36. The molecule has 0 aliphatic rings. The molecule has 138 valence electrons. The van der Waals surface area contributed by atoms with Gasteiger partial charge < -0.3 is 4.74 Å². The van der Waals surface area contributed by atoms with Crippen molar-refractivity contribution in [1.29, 1.82) is 0 Å². The van der Waals surface area contributed by atoms with Gasteiger partial charge in [-0.3, -0.25) is 35.2 Å². The number of nitrogens with zero attached hydrogens (tertiary/aromatic N) is 3. The Kier molecular flexibility index (Phi) is 6.01. The number of amides is 2. The van der Waals surface area contributed by atoms with Crippen molar-refractivity contribution in [3.8, 4) is 5.75 Å². The van der Waals surface area contributed by atoms with Gasteiger partial charge in [-0.1, -0.05) is 23.2 Å². The Labute approximate surface area is 157 Å². The lowest BCUT2D eigenvalue weighted by Gasteiger charge is -2.10. The molecule has 0 atom stereocenters. The van der Waals surface area contributed by atoms with Gasteiger partial charge in [-0.15, -0.1) is 0 Å². The summed E-state index contributed by atoms with van der Waals surface area (Å²) in [5.41, 5.74) is 3.50. The number of ether oxygens (including phenoxy) is 1. The average Bonchev–Trinajstić information content (AvgIpc) is 2.86. The molecule has 12 heteroatoms. The van der Waals surface area contributed by atoms with Crippen LogP contribution in [0.3, 0.4) is 0 Å². The quantitative estimate of drug-likeness (QED) is 0.580. The molecule has 1 aromatic heterocycles. The molecule has 0 aliphatic heterocycles. The SMILES string of the molecule is Cc1nn(C)c(C(=O)NNC(=O)COc2ccc(Cl)cc2Cl)c1[N+](=O)[O-]. The number of halogens is 2. The molecule has 2 aromatic rings. The maximum atomic E-state index is 12.1. The standard InChI is InChI=1S/C14H13Cl2N5O5/c1-7-12(21(24)25)13(20(2)19-7)14(23)18-17-11(22)6-26-10-4-3-8(15)5-9(10)16/h3-5H,6H2,1-2H3,(H,17,22)(H,18,23). The van der Waals surface area contributed by atoms with Gasteiger partial charge in [0.05, 0.1) is 9.95 Å². The van der Waals surface area contributed by atoms with E-state index in [0.29, 0.717) is 5.02 Å². The summed E-state index contributed by atoms with van der Waals surface area (Å²) in [6.45, 7) is 0.950. The van der Waals surface area contributed by atoms with Crippen LogP contribution in [0.5, 0.6) is 5.75 Å². The predicted molar refractivity (Wildman–Crippen MR) is 92.2 cm³/mol. The van der Waals surface area contributed by atoms with Crippen LogP contribution in [0.2, 0.25) is 10.0 Å². The fraction of sp³-hybridized carbons (Fsp3) is 0.214. The Morgan fingerprint density at radius 3 is 2.65 bits per heavy atom. The lowest BCUT2D eigenvalue weighted by atomic mass is 10.3. The second-order valence-electron chi connectivity index (χ2n) is 5.03. The lowest BCUT2D eigenvalue weighted by molar-refractivity contribution is -0.385. The van der Waals surface area contributed by atoms with Crippen LogP contribution in [-0.4, -0.2) is 33.1 Å². The number of rotatable bonds is 5. The van der Waals surface area contributed by atoms with Gasteiger partial charge in [0.15, 0.2) is 6.61 Å². The van der Waals surface area contributed by atoms with Crippen molar-refractivity contribution in [2.45, 2.75) is 6.92 Å². The van der Waals surface area contributed by atoms with Crippen LogP contribution in [0.15, 0.2) is 18.2 Å². The van der Waals surface area contributed by atoms with E-state index >= 15 is 0 Å². The summed E-state index contributed by atoms with van der Waals surface area (Å²) in [6, 6.07) is 4.46. The minimum Gasteiger partial charge on any atom is -0.482 e. The third-order valence-corrected chi connectivity index (χ3v) is 3.69. The van der Waals surface area contributed by atoms with Crippen LogP contribution < -0.4 is 15.6 Å². The molecule has 2 rings (SSSR count). The third kappa shape index (κ3) is 4.41. The second kappa shape index (κ2) is 8.02. The van der Waals surface area contributed by atoms with Crippen molar-refractivity contribution in [2.24, 2.45) is 7.05 Å². The molecular weight excluding hydrogens is 389 g/mol. The Hall–Kier alpha value is -2.85. The Morgan fingerprint density at radius 1 is 1.35 bits per heavy atom. The monoisotopic (exact) mass is 401 g/mol. The van der Waals surface area contributed by atoms with Crippen molar-refractivity contribution in [1.82, 2.24) is 20.6 Å². The second-order valence-corrected chi connectivity index (χ2v) is 5.87. The highest BCUT2D eigenvalue weighted by Gasteiger charge is 2.29. The van der Waals surface area contributed by atoms with E-state index in [2.05, 4.69) is 16.0 Å². The summed E-state index contributed by atoms with van der Waals surface area (Å²) in [7, 11) is 1.38. The summed E-state index contributed by atoms with van der Waals surface area (Å²) in [5, 5.41) is 15.5. The number of hydrogen-bond donors (Lipinski definition) is 2. The Bertz CT molecular complexity index is 883. The molecule has 2 N–H and O–H groups in total. The molecule has 0 bridgehead atoms. The number of nitrogens with one attached hydrogen (secondary N) is 2. The van der Waals surface area contributed by atoms with Gasteiger partial charge in [0, 0.05) is 12.1 Å². The van der Waals surface area contributed by atoms with Crippen molar-refractivity contribution < 1.29 is 19.2 Å².